The smallest absolute Gasteiger partial charge is 0.278 e. The first-order chi connectivity index (χ1) is 13.6. The molecule has 3 aromatic rings. The predicted molar refractivity (Wildman–Crippen MR) is 103 cm³/mol. The van der Waals surface area contributed by atoms with Crippen LogP contribution in [0, 0.1) is 5.82 Å². The van der Waals surface area contributed by atoms with E-state index in [4.69, 9.17) is 0 Å². The third-order valence-corrected chi connectivity index (χ3v) is 4.75. The fourth-order valence-electron chi connectivity index (χ4n) is 3.31. The van der Waals surface area contributed by atoms with Crippen molar-refractivity contribution in [1.82, 2.24) is 20.0 Å². The molecule has 0 radical (unpaired) electrons. The largest absolute Gasteiger partial charge is 0.334 e. The number of aromatic nitrogens is 2. The maximum Gasteiger partial charge on any atom is 0.278 e. The molecule has 0 spiro atoms. The minimum atomic E-state index is -0.451. The molecule has 2 aromatic carbocycles. The zero-order chi connectivity index (χ0) is 19.5. The summed E-state index contributed by atoms with van der Waals surface area (Å²) in [7, 11) is 0. The average molecular weight is 378 g/mol. The van der Waals surface area contributed by atoms with Crippen molar-refractivity contribution in [3.63, 3.8) is 0 Å². The Labute approximate surface area is 161 Å². The molecule has 0 aliphatic carbocycles. The van der Waals surface area contributed by atoms with Crippen LogP contribution < -0.4 is 10.7 Å². The second-order valence-corrected chi connectivity index (χ2v) is 6.62. The van der Waals surface area contributed by atoms with Gasteiger partial charge in [0.25, 0.3) is 5.91 Å². The van der Waals surface area contributed by atoms with Crippen molar-refractivity contribution in [3.05, 3.63) is 94.2 Å². The third kappa shape index (κ3) is 3.70. The molecule has 0 bridgehead atoms. The molecule has 28 heavy (non-hydrogen) atoms. The first-order valence-corrected chi connectivity index (χ1v) is 9.05. The van der Waals surface area contributed by atoms with Crippen LogP contribution in [0.2, 0.25) is 0 Å². The number of amides is 1. The van der Waals surface area contributed by atoms with Gasteiger partial charge in [0.1, 0.15) is 5.82 Å². The van der Waals surface area contributed by atoms with Crippen LogP contribution in [0.5, 0.6) is 0 Å². The van der Waals surface area contributed by atoms with Crippen LogP contribution in [0.15, 0.2) is 71.7 Å². The molecule has 1 amide bonds. The van der Waals surface area contributed by atoms with Gasteiger partial charge >= 0.3 is 0 Å². The van der Waals surface area contributed by atoms with E-state index in [1.807, 2.05) is 30.3 Å². The minimum Gasteiger partial charge on any atom is -0.334 e. The van der Waals surface area contributed by atoms with Gasteiger partial charge in [0.2, 0.25) is 5.43 Å². The van der Waals surface area contributed by atoms with Gasteiger partial charge in [0, 0.05) is 37.9 Å². The SMILES string of the molecule is O=C(c1nn(-c2cccc(F)c2)ccc1=O)N1CCNC(c2ccccc2)C1. The molecule has 1 unspecified atom stereocenters. The molecule has 1 atom stereocenters. The third-order valence-electron chi connectivity index (χ3n) is 4.75. The minimum absolute atomic E-state index is 0.00643. The van der Waals surface area contributed by atoms with Gasteiger partial charge < -0.3 is 10.2 Å². The number of nitrogens with zero attached hydrogens (tertiary/aromatic N) is 3. The molecule has 1 aromatic heterocycles. The molecule has 1 saturated heterocycles. The van der Waals surface area contributed by atoms with E-state index >= 15 is 0 Å². The van der Waals surface area contributed by atoms with Crippen LogP contribution in [0.1, 0.15) is 22.1 Å². The first kappa shape index (κ1) is 18.1. The van der Waals surface area contributed by atoms with E-state index in [-0.39, 0.29) is 11.7 Å². The Bertz CT molecular complexity index is 1050. The van der Waals surface area contributed by atoms with Crippen LogP contribution >= 0.6 is 0 Å². The number of hydrogen-bond donors (Lipinski definition) is 1. The fourth-order valence-corrected chi connectivity index (χ4v) is 3.31. The summed E-state index contributed by atoms with van der Waals surface area (Å²) in [6, 6.07) is 16.9. The summed E-state index contributed by atoms with van der Waals surface area (Å²) in [5, 5.41) is 7.57. The highest BCUT2D eigenvalue weighted by Crippen LogP contribution is 2.18. The molecule has 0 saturated carbocycles. The molecule has 6 nitrogen and oxygen atoms in total. The lowest BCUT2D eigenvalue weighted by molar-refractivity contribution is 0.0693. The molecule has 1 aliphatic heterocycles. The standard InChI is InChI=1S/C21H19FN4O2/c22-16-7-4-8-17(13-16)26-11-9-19(27)20(24-26)21(28)25-12-10-23-18(14-25)15-5-2-1-3-6-15/h1-9,11,13,18,23H,10,12,14H2. The number of benzene rings is 2. The molecule has 142 valence electrons. The van der Waals surface area contributed by atoms with Gasteiger partial charge in [-0.15, -0.1) is 0 Å². The molecule has 7 heteroatoms. The lowest BCUT2D eigenvalue weighted by atomic mass is 10.0. The van der Waals surface area contributed by atoms with E-state index in [1.54, 1.807) is 17.0 Å². The van der Waals surface area contributed by atoms with Crippen molar-refractivity contribution in [2.45, 2.75) is 6.04 Å². The van der Waals surface area contributed by atoms with Gasteiger partial charge in [0.15, 0.2) is 5.69 Å². The van der Waals surface area contributed by atoms with Crippen LogP contribution in [0.4, 0.5) is 4.39 Å². The predicted octanol–water partition coefficient (Wildman–Crippen LogP) is 2.16. The Morgan fingerprint density at radius 1 is 1.11 bits per heavy atom. The number of rotatable bonds is 3. The summed E-state index contributed by atoms with van der Waals surface area (Å²) in [6.45, 7) is 1.55. The summed E-state index contributed by atoms with van der Waals surface area (Å²) >= 11 is 0. The van der Waals surface area contributed by atoms with Crippen molar-refractivity contribution in [3.8, 4) is 5.69 Å². The Balaban J connectivity index is 1.61. The number of carbonyl (C=O) groups excluding carboxylic acids is 1. The van der Waals surface area contributed by atoms with E-state index in [9.17, 15) is 14.0 Å². The van der Waals surface area contributed by atoms with Gasteiger partial charge in [-0.2, -0.15) is 5.10 Å². The van der Waals surface area contributed by atoms with E-state index in [1.165, 1.54) is 29.1 Å². The van der Waals surface area contributed by atoms with Crippen molar-refractivity contribution in [1.29, 1.82) is 0 Å². The van der Waals surface area contributed by atoms with E-state index in [0.717, 1.165) is 5.56 Å². The van der Waals surface area contributed by atoms with Crippen molar-refractivity contribution in [2.75, 3.05) is 19.6 Å². The van der Waals surface area contributed by atoms with Crippen LogP contribution in [0.25, 0.3) is 5.69 Å². The summed E-state index contributed by atoms with van der Waals surface area (Å²) < 4.78 is 14.8. The zero-order valence-electron chi connectivity index (χ0n) is 15.1. The van der Waals surface area contributed by atoms with Gasteiger partial charge in [0.05, 0.1) is 5.69 Å². The van der Waals surface area contributed by atoms with Gasteiger partial charge in [-0.05, 0) is 23.8 Å². The van der Waals surface area contributed by atoms with Crippen LogP contribution in [-0.2, 0) is 0 Å². The number of halogens is 1. The maximum atomic E-state index is 13.5. The van der Waals surface area contributed by atoms with Crippen molar-refractivity contribution < 1.29 is 9.18 Å². The number of piperazine rings is 1. The van der Waals surface area contributed by atoms with Crippen LogP contribution in [0.3, 0.4) is 0 Å². The van der Waals surface area contributed by atoms with Crippen molar-refractivity contribution in [2.24, 2.45) is 0 Å². The molecule has 1 aliphatic rings. The maximum absolute atomic E-state index is 13.5. The monoisotopic (exact) mass is 378 g/mol. The van der Waals surface area contributed by atoms with Gasteiger partial charge in [-0.3, -0.25) is 9.59 Å². The number of carbonyl (C=O) groups is 1. The van der Waals surface area contributed by atoms with Gasteiger partial charge in [-0.25, -0.2) is 9.07 Å². The second-order valence-electron chi connectivity index (χ2n) is 6.62. The molecule has 1 N–H and O–H groups in total. The average Bonchev–Trinajstić information content (AvgIpc) is 2.74. The Kier molecular flexibility index (Phi) is 4.99. The molecule has 2 heterocycles. The summed E-state index contributed by atoms with van der Waals surface area (Å²) in [5.74, 6) is -0.836. The topological polar surface area (TPSA) is 67.2 Å². The first-order valence-electron chi connectivity index (χ1n) is 9.05. The normalized spacial score (nSPS) is 16.8. The Hall–Kier alpha value is -3.32. The number of hydrogen-bond acceptors (Lipinski definition) is 4. The molecule has 4 rings (SSSR count). The van der Waals surface area contributed by atoms with Crippen molar-refractivity contribution >= 4 is 5.91 Å². The lowest BCUT2D eigenvalue weighted by Gasteiger charge is -2.33. The summed E-state index contributed by atoms with van der Waals surface area (Å²) in [6.07, 6.45) is 1.43. The highest BCUT2D eigenvalue weighted by Gasteiger charge is 2.27. The Morgan fingerprint density at radius 2 is 1.93 bits per heavy atom. The number of nitrogens with one attached hydrogen (secondary N) is 1. The van der Waals surface area contributed by atoms with E-state index < -0.39 is 17.2 Å². The lowest BCUT2D eigenvalue weighted by Crippen LogP contribution is -2.49. The highest BCUT2D eigenvalue weighted by atomic mass is 19.1. The molecule has 1 fully saturated rings. The van der Waals surface area contributed by atoms with Crippen LogP contribution in [-0.4, -0.2) is 40.2 Å². The molecular formula is C21H19FN4O2. The van der Waals surface area contributed by atoms with E-state index in [0.29, 0.717) is 25.3 Å². The summed E-state index contributed by atoms with van der Waals surface area (Å²) in [4.78, 5) is 26.9. The van der Waals surface area contributed by atoms with Gasteiger partial charge in [-0.1, -0.05) is 36.4 Å². The molecular weight excluding hydrogens is 359 g/mol. The summed E-state index contributed by atoms with van der Waals surface area (Å²) in [5.41, 5.74) is 0.905. The fraction of sp³-hybridized carbons (Fsp3) is 0.190. The highest BCUT2D eigenvalue weighted by molar-refractivity contribution is 5.92. The van der Waals surface area contributed by atoms with E-state index in [2.05, 4.69) is 10.4 Å². The second kappa shape index (κ2) is 7.74. The quantitative estimate of drug-likeness (QED) is 0.759. The zero-order valence-corrected chi connectivity index (χ0v) is 15.1. The Morgan fingerprint density at radius 3 is 2.71 bits per heavy atom.